The van der Waals surface area contributed by atoms with Crippen molar-refractivity contribution in [1.29, 1.82) is 0 Å². The number of rotatable bonds is 8. The maximum atomic E-state index is 12.3. The van der Waals surface area contributed by atoms with Gasteiger partial charge in [0.15, 0.2) is 5.78 Å². The topological polar surface area (TPSA) is 49.4 Å². The second-order valence-electron chi connectivity index (χ2n) is 8.90. The summed E-state index contributed by atoms with van der Waals surface area (Å²) in [5.41, 5.74) is 4.28. The average molecular weight is 405 g/mol. The number of anilines is 1. The number of carbonyl (C=O) groups is 2. The second-order valence-corrected chi connectivity index (χ2v) is 8.90. The summed E-state index contributed by atoms with van der Waals surface area (Å²) >= 11 is 0. The molecule has 1 aliphatic carbocycles. The van der Waals surface area contributed by atoms with E-state index in [2.05, 4.69) is 28.4 Å². The van der Waals surface area contributed by atoms with Crippen LogP contribution in [0.5, 0.6) is 0 Å². The van der Waals surface area contributed by atoms with Crippen LogP contribution in [0.15, 0.2) is 48.5 Å². The normalized spacial score (nSPS) is 17.6. The second kappa shape index (κ2) is 9.57. The third kappa shape index (κ3) is 5.57. The number of hydrogen-bond acceptors (Lipinski definition) is 3. The lowest BCUT2D eigenvalue weighted by molar-refractivity contribution is -0.117. The molecule has 1 N–H and O–H groups in total. The largest absolute Gasteiger partial charge is 0.326 e. The average Bonchev–Trinajstić information content (AvgIpc) is 3.60. The highest BCUT2D eigenvalue weighted by molar-refractivity contribution is 5.96. The molecule has 1 amide bonds. The predicted octanol–water partition coefficient (Wildman–Crippen LogP) is 5.19. The summed E-state index contributed by atoms with van der Waals surface area (Å²) in [6.07, 6.45) is 5.85. The first-order chi connectivity index (χ1) is 14.6. The monoisotopic (exact) mass is 404 g/mol. The highest BCUT2D eigenvalue weighted by atomic mass is 16.2. The molecule has 2 fully saturated rings. The molecule has 0 unspecified atom stereocenters. The molecule has 1 saturated heterocycles. The Kier molecular flexibility index (Phi) is 6.63. The lowest BCUT2D eigenvalue weighted by Gasteiger charge is -2.32. The SMILES string of the molecule is Cc1ccc(C(=O)CCCN2CCC(c3cccc(NC(=O)C4CC4)c3)CC2)cc1. The van der Waals surface area contributed by atoms with Gasteiger partial charge in [-0.2, -0.15) is 0 Å². The molecule has 4 rings (SSSR count). The molecule has 1 saturated carbocycles. The first-order valence-electron chi connectivity index (χ1n) is 11.3. The van der Waals surface area contributed by atoms with Crippen molar-refractivity contribution in [3.8, 4) is 0 Å². The van der Waals surface area contributed by atoms with Crippen LogP contribution in [0, 0.1) is 12.8 Å². The predicted molar refractivity (Wildman–Crippen MR) is 121 cm³/mol. The molecule has 158 valence electrons. The zero-order valence-corrected chi connectivity index (χ0v) is 17.9. The number of nitrogens with zero attached hydrogens (tertiary/aromatic N) is 1. The maximum Gasteiger partial charge on any atom is 0.227 e. The van der Waals surface area contributed by atoms with Gasteiger partial charge in [-0.1, -0.05) is 42.0 Å². The number of benzene rings is 2. The molecule has 2 aliphatic rings. The Labute approximate surface area is 179 Å². The van der Waals surface area contributed by atoms with Gasteiger partial charge in [-0.3, -0.25) is 9.59 Å². The Morgan fingerprint density at radius 1 is 1.00 bits per heavy atom. The minimum atomic E-state index is 0.169. The molecule has 30 heavy (non-hydrogen) atoms. The number of carbonyl (C=O) groups excluding carboxylic acids is 2. The fourth-order valence-corrected chi connectivity index (χ4v) is 4.30. The third-order valence-corrected chi connectivity index (χ3v) is 6.41. The smallest absolute Gasteiger partial charge is 0.227 e. The number of amides is 1. The van der Waals surface area contributed by atoms with E-state index >= 15 is 0 Å². The highest BCUT2D eigenvalue weighted by Gasteiger charge is 2.29. The van der Waals surface area contributed by atoms with E-state index in [-0.39, 0.29) is 17.6 Å². The van der Waals surface area contributed by atoms with Crippen LogP contribution < -0.4 is 5.32 Å². The molecule has 4 heteroatoms. The van der Waals surface area contributed by atoms with Crippen molar-refractivity contribution >= 4 is 17.4 Å². The minimum absolute atomic E-state index is 0.169. The van der Waals surface area contributed by atoms with Gasteiger partial charge in [-0.15, -0.1) is 0 Å². The summed E-state index contributed by atoms with van der Waals surface area (Å²) in [6, 6.07) is 16.3. The first kappa shape index (κ1) is 20.8. The zero-order valence-electron chi connectivity index (χ0n) is 17.9. The fraction of sp³-hybridized carbons (Fsp3) is 0.462. The molecule has 0 bridgehead atoms. The Morgan fingerprint density at radius 2 is 1.73 bits per heavy atom. The van der Waals surface area contributed by atoms with Crippen molar-refractivity contribution in [2.24, 2.45) is 5.92 Å². The number of ketones is 1. The van der Waals surface area contributed by atoms with Crippen LogP contribution in [0.4, 0.5) is 5.69 Å². The van der Waals surface area contributed by atoms with Crippen molar-refractivity contribution in [2.45, 2.75) is 51.4 Å². The van der Waals surface area contributed by atoms with Gasteiger partial charge in [0.2, 0.25) is 5.91 Å². The summed E-state index contributed by atoms with van der Waals surface area (Å²) < 4.78 is 0. The molecular weight excluding hydrogens is 372 g/mol. The molecule has 0 atom stereocenters. The Bertz CT molecular complexity index is 878. The van der Waals surface area contributed by atoms with E-state index < -0.39 is 0 Å². The van der Waals surface area contributed by atoms with E-state index in [1.54, 1.807) is 0 Å². The van der Waals surface area contributed by atoms with Gasteiger partial charge in [0.25, 0.3) is 0 Å². The highest BCUT2D eigenvalue weighted by Crippen LogP contribution is 2.32. The van der Waals surface area contributed by atoms with E-state index in [0.717, 1.165) is 63.0 Å². The maximum absolute atomic E-state index is 12.3. The van der Waals surface area contributed by atoms with Crippen LogP contribution in [0.3, 0.4) is 0 Å². The van der Waals surface area contributed by atoms with Crippen LogP contribution >= 0.6 is 0 Å². The van der Waals surface area contributed by atoms with E-state index in [1.807, 2.05) is 37.3 Å². The van der Waals surface area contributed by atoms with E-state index in [4.69, 9.17) is 0 Å². The van der Waals surface area contributed by atoms with Crippen LogP contribution in [-0.4, -0.2) is 36.2 Å². The molecule has 4 nitrogen and oxygen atoms in total. The van der Waals surface area contributed by atoms with Crippen LogP contribution in [-0.2, 0) is 4.79 Å². The molecule has 2 aromatic carbocycles. The fourth-order valence-electron chi connectivity index (χ4n) is 4.30. The van der Waals surface area contributed by atoms with Gasteiger partial charge < -0.3 is 10.2 Å². The Balaban J connectivity index is 1.20. The zero-order chi connectivity index (χ0) is 20.9. The summed E-state index contributed by atoms with van der Waals surface area (Å²) in [5, 5.41) is 3.07. The number of Topliss-reactive ketones (excluding diaryl/α,β-unsaturated/α-hetero) is 1. The number of nitrogens with one attached hydrogen (secondary N) is 1. The summed E-state index contributed by atoms with van der Waals surface area (Å²) in [4.78, 5) is 26.8. The minimum Gasteiger partial charge on any atom is -0.326 e. The molecule has 2 aromatic rings. The van der Waals surface area contributed by atoms with Gasteiger partial charge >= 0.3 is 0 Å². The van der Waals surface area contributed by atoms with Gasteiger partial charge in [0.1, 0.15) is 0 Å². The van der Waals surface area contributed by atoms with Crippen molar-refractivity contribution in [3.63, 3.8) is 0 Å². The Hall–Kier alpha value is -2.46. The van der Waals surface area contributed by atoms with Crippen LogP contribution in [0.25, 0.3) is 0 Å². The van der Waals surface area contributed by atoms with Crippen molar-refractivity contribution in [1.82, 2.24) is 4.90 Å². The summed E-state index contributed by atoms with van der Waals surface area (Å²) in [7, 11) is 0. The van der Waals surface area contributed by atoms with Crippen LogP contribution in [0.1, 0.15) is 65.9 Å². The van der Waals surface area contributed by atoms with Gasteiger partial charge in [0, 0.05) is 23.6 Å². The van der Waals surface area contributed by atoms with E-state index in [0.29, 0.717) is 12.3 Å². The molecule has 0 spiro atoms. The molecule has 1 heterocycles. The van der Waals surface area contributed by atoms with Crippen molar-refractivity contribution in [2.75, 3.05) is 25.0 Å². The van der Waals surface area contributed by atoms with Crippen LogP contribution in [0.2, 0.25) is 0 Å². The lowest BCUT2D eigenvalue weighted by atomic mass is 9.89. The van der Waals surface area contributed by atoms with Crippen molar-refractivity contribution < 1.29 is 9.59 Å². The van der Waals surface area contributed by atoms with Crippen molar-refractivity contribution in [3.05, 3.63) is 65.2 Å². The number of likely N-dealkylation sites (tertiary alicyclic amines) is 1. The third-order valence-electron chi connectivity index (χ3n) is 6.41. The number of aryl methyl sites for hydroxylation is 1. The number of piperidine rings is 1. The van der Waals surface area contributed by atoms with E-state index in [1.165, 1.54) is 11.1 Å². The summed E-state index contributed by atoms with van der Waals surface area (Å²) in [5.74, 6) is 1.19. The first-order valence-corrected chi connectivity index (χ1v) is 11.3. The molecule has 0 radical (unpaired) electrons. The van der Waals surface area contributed by atoms with Gasteiger partial charge in [0.05, 0.1) is 0 Å². The molecular formula is C26H32N2O2. The van der Waals surface area contributed by atoms with Gasteiger partial charge in [-0.05, 0) is 82.3 Å². The molecule has 0 aromatic heterocycles. The standard InChI is InChI=1S/C26H32N2O2/c1-19-7-9-21(10-8-19)25(29)6-3-15-28-16-13-20(14-17-28)23-4-2-5-24(18-23)27-26(30)22-11-12-22/h2,4-5,7-10,18,20,22H,3,6,11-17H2,1H3,(H,27,30). The Morgan fingerprint density at radius 3 is 2.43 bits per heavy atom. The quantitative estimate of drug-likeness (QED) is 0.616. The molecule has 1 aliphatic heterocycles. The van der Waals surface area contributed by atoms with E-state index in [9.17, 15) is 9.59 Å². The summed E-state index contributed by atoms with van der Waals surface area (Å²) in [6.45, 7) is 5.17. The lowest BCUT2D eigenvalue weighted by Crippen LogP contribution is -2.33. The van der Waals surface area contributed by atoms with Gasteiger partial charge in [-0.25, -0.2) is 0 Å². The number of hydrogen-bond donors (Lipinski definition) is 1.